The van der Waals surface area contributed by atoms with Crippen LogP contribution in [0.2, 0.25) is 0 Å². The Hall–Kier alpha value is -1.54. The number of benzene rings is 1. The summed E-state index contributed by atoms with van der Waals surface area (Å²) < 4.78 is 0. The Morgan fingerprint density at radius 2 is 1.74 bits per heavy atom. The first kappa shape index (κ1) is 13.9. The fourth-order valence-corrected chi connectivity index (χ4v) is 2.35. The van der Waals surface area contributed by atoms with E-state index in [9.17, 15) is 0 Å². The molecule has 2 rings (SSSR count). The highest BCUT2D eigenvalue weighted by Gasteiger charge is 2.09. The van der Waals surface area contributed by atoms with Gasteiger partial charge in [0.25, 0.3) is 0 Å². The first-order valence-corrected chi connectivity index (χ1v) is 7.06. The van der Waals surface area contributed by atoms with Gasteiger partial charge >= 0.3 is 0 Å². The summed E-state index contributed by atoms with van der Waals surface area (Å²) in [5.74, 6) is 1.48. The summed E-state index contributed by atoms with van der Waals surface area (Å²) in [7, 11) is 0. The van der Waals surface area contributed by atoms with Crippen LogP contribution in [0.3, 0.4) is 0 Å². The summed E-state index contributed by atoms with van der Waals surface area (Å²) in [4.78, 5) is 6.85. The van der Waals surface area contributed by atoms with E-state index < -0.39 is 0 Å². The van der Waals surface area contributed by atoms with E-state index in [0.717, 1.165) is 23.6 Å². The second kappa shape index (κ2) is 6.07. The molecule has 0 spiro atoms. The van der Waals surface area contributed by atoms with E-state index in [4.69, 9.17) is 11.6 Å². The third-order valence-corrected chi connectivity index (χ3v) is 3.55. The van der Waals surface area contributed by atoms with Gasteiger partial charge in [0, 0.05) is 23.8 Å². The average molecular weight is 275 g/mol. The molecule has 0 aliphatic rings. The Balaban J connectivity index is 2.36. The molecular formula is C16H19ClN2. The SMILES string of the molecule is CCN(c1ccc(C)cc1)c1ccc(CCl)c(C)n1. The Kier molecular flexibility index (Phi) is 4.43. The van der Waals surface area contributed by atoms with E-state index in [2.05, 4.69) is 54.1 Å². The van der Waals surface area contributed by atoms with Crippen molar-refractivity contribution in [2.24, 2.45) is 0 Å². The predicted molar refractivity (Wildman–Crippen MR) is 82.4 cm³/mol. The van der Waals surface area contributed by atoms with Crippen LogP contribution in [0.5, 0.6) is 0 Å². The van der Waals surface area contributed by atoms with Crippen molar-refractivity contribution in [3.8, 4) is 0 Å². The van der Waals surface area contributed by atoms with Crippen molar-refractivity contribution in [3.05, 3.63) is 53.2 Å². The van der Waals surface area contributed by atoms with Crippen molar-refractivity contribution in [1.29, 1.82) is 0 Å². The van der Waals surface area contributed by atoms with Crippen LogP contribution in [0, 0.1) is 13.8 Å². The van der Waals surface area contributed by atoms with Gasteiger partial charge in [-0.05, 0) is 44.5 Å². The number of nitrogens with zero attached hydrogens (tertiary/aromatic N) is 2. The number of pyridine rings is 1. The van der Waals surface area contributed by atoms with Gasteiger partial charge in [0.05, 0.1) is 0 Å². The highest BCUT2D eigenvalue weighted by molar-refractivity contribution is 6.17. The van der Waals surface area contributed by atoms with E-state index in [1.807, 2.05) is 13.0 Å². The first-order valence-electron chi connectivity index (χ1n) is 6.52. The van der Waals surface area contributed by atoms with Gasteiger partial charge in [0.15, 0.2) is 0 Å². The first-order chi connectivity index (χ1) is 9.15. The number of aryl methyl sites for hydroxylation is 2. The lowest BCUT2D eigenvalue weighted by Crippen LogP contribution is -2.17. The third kappa shape index (κ3) is 3.07. The third-order valence-electron chi connectivity index (χ3n) is 3.26. The van der Waals surface area contributed by atoms with Crippen LogP contribution in [-0.4, -0.2) is 11.5 Å². The topological polar surface area (TPSA) is 16.1 Å². The number of rotatable bonds is 4. The average Bonchev–Trinajstić information content (AvgIpc) is 2.42. The second-order valence-electron chi connectivity index (χ2n) is 4.63. The predicted octanol–water partition coefficient (Wildman–Crippen LogP) is 4.60. The fourth-order valence-electron chi connectivity index (χ4n) is 2.07. The van der Waals surface area contributed by atoms with E-state index in [1.165, 1.54) is 11.3 Å². The minimum atomic E-state index is 0.510. The molecule has 0 atom stereocenters. The minimum absolute atomic E-state index is 0.510. The lowest BCUT2D eigenvalue weighted by Gasteiger charge is -2.23. The Morgan fingerprint density at radius 1 is 1.05 bits per heavy atom. The molecule has 0 unspecified atom stereocenters. The van der Waals surface area contributed by atoms with Crippen LogP contribution in [0.1, 0.15) is 23.7 Å². The standard InChI is InChI=1S/C16H19ClN2/c1-4-19(15-8-5-12(2)6-9-15)16-10-7-14(11-17)13(3)18-16/h5-10H,4,11H2,1-3H3. The Labute approximate surface area is 120 Å². The molecule has 0 fully saturated rings. The summed E-state index contributed by atoms with van der Waals surface area (Å²) in [6.07, 6.45) is 0. The molecule has 0 N–H and O–H groups in total. The molecule has 19 heavy (non-hydrogen) atoms. The highest BCUT2D eigenvalue weighted by atomic mass is 35.5. The second-order valence-corrected chi connectivity index (χ2v) is 4.89. The van der Waals surface area contributed by atoms with Crippen molar-refractivity contribution in [2.45, 2.75) is 26.7 Å². The molecule has 0 radical (unpaired) electrons. The maximum absolute atomic E-state index is 5.88. The minimum Gasteiger partial charge on any atom is -0.327 e. The normalized spacial score (nSPS) is 10.5. The molecule has 1 aromatic heterocycles. The molecule has 0 amide bonds. The zero-order valence-electron chi connectivity index (χ0n) is 11.7. The molecule has 1 heterocycles. The van der Waals surface area contributed by atoms with Crippen LogP contribution < -0.4 is 4.90 Å². The summed E-state index contributed by atoms with van der Waals surface area (Å²) in [6.45, 7) is 7.12. The van der Waals surface area contributed by atoms with Crippen LogP contribution in [-0.2, 0) is 5.88 Å². The number of hydrogen-bond acceptors (Lipinski definition) is 2. The molecule has 2 nitrogen and oxygen atoms in total. The zero-order valence-corrected chi connectivity index (χ0v) is 12.4. The monoisotopic (exact) mass is 274 g/mol. The van der Waals surface area contributed by atoms with E-state index in [0.29, 0.717) is 5.88 Å². The lowest BCUT2D eigenvalue weighted by atomic mass is 10.2. The Morgan fingerprint density at radius 3 is 2.26 bits per heavy atom. The number of hydrogen-bond donors (Lipinski definition) is 0. The van der Waals surface area contributed by atoms with E-state index in [-0.39, 0.29) is 0 Å². The number of halogens is 1. The molecule has 0 aliphatic heterocycles. The number of alkyl halides is 1. The van der Waals surface area contributed by atoms with Crippen molar-refractivity contribution >= 4 is 23.1 Å². The van der Waals surface area contributed by atoms with Gasteiger partial charge < -0.3 is 4.90 Å². The molecule has 0 bridgehead atoms. The summed E-state index contributed by atoms with van der Waals surface area (Å²) in [5, 5.41) is 0. The maximum Gasteiger partial charge on any atom is 0.133 e. The largest absolute Gasteiger partial charge is 0.327 e. The highest BCUT2D eigenvalue weighted by Crippen LogP contribution is 2.25. The summed E-state index contributed by atoms with van der Waals surface area (Å²) in [5.41, 5.74) is 4.52. The van der Waals surface area contributed by atoms with Gasteiger partial charge in [0.1, 0.15) is 5.82 Å². The lowest BCUT2D eigenvalue weighted by molar-refractivity contribution is 0.971. The van der Waals surface area contributed by atoms with Gasteiger partial charge in [-0.3, -0.25) is 0 Å². The Bertz CT molecular complexity index is 549. The molecular weight excluding hydrogens is 256 g/mol. The van der Waals surface area contributed by atoms with Gasteiger partial charge in [-0.25, -0.2) is 4.98 Å². The molecule has 1 aromatic carbocycles. The summed E-state index contributed by atoms with van der Waals surface area (Å²) >= 11 is 5.88. The van der Waals surface area contributed by atoms with Crippen LogP contribution in [0.15, 0.2) is 36.4 Å². The molecule has 3 heteroatoms. The molecule has 0 saturated heterocycles. The van der Waals surface area contributed by atoms with Crippen LogP contribution in [0.4, 0.5) is 11.5 Å². The molecule has 0 saturated carbocycles. The number of anilines is 2. The smallest absolute Gasteiger partial charge is 0.133 e. The van der Waals surface area contributed by atoms with Crippen LogP contribution in [0.25, 0.3) is 0 Å². The van der Waals surface area contributed by atoms with Crippen LogP contribution >= 0.6 is 11.6 Å². The fraction of sp³-hybridized carbons (Fsp3) is 0.312. The van der Waals surface area contributed by atoms with Gasteiger partial charge in [0.2, 0.25) is 0 Å². The zero-order chi connectivity index (χ0) is 13.8. The van der Waals surface area contributed by atoms with E-state index in [1.54, 1.807) is 0 Å². The van der Waals surface area contributed by atoms with Crippen molar-refractivity contribution < 1.29 is 0 Å². The molecule has 2 aromatic rings. The van der Waals surface area contributed by atoms with Crippen molar-refractivity contribution in [2.75, 3.05) is 11.4 Å². The van der Waals surface area contributed by atoms with Crippen molar-refractivity contribution in [3.63, 3.8) is 0 Å². The van der Waals surface area contributed by atoms with Gasteiger partial charge in [-0.1, -0.05) is 23.8 Å². The maximum atomic E-state index is 5.88. The molecule has 0 aliphatic carbocycles. The van der Waals surface area contributed by atoms with E-state index >= 15 is 0 Å². The van der Waals surface area contributed by atoms with Crippen molar-refractivity contribution in [1.82, 2.24) is 4.98 Å². The molecule has 100 valence electrons. The van der Waals surface area contributed by atoms with Gasteiger partial charge in [-0.15, -0.1) is 11.6 Å². The number of aromatic nitrogens is 1. The quantitative estimate of drug-likeness (QED) is 0.758. The van der Waals surface area contributed by atoms with Gasteiger partial charge in [-0.2, -0.15) is 0 Å². The summed E-state index contributed by atoms with van der Waals surface area (Å²) in [6, 6.07) is 12.6.